The highest BCUT2D eigenvalue weighted by molar-refractivity contribution is 5.97. The molecule has 0 spiro atoms. The van der Waals surface area contributed by atoms with Gasteiger partial charge >= 0.3 is 0 Å². The zero-order chi connectivity index (χ0) is 13.0. The summed E-state index contributed by atoms with van der Waals surface area (Å²) >= 11 is 0. The summed E-state index contributed by atoms with van der Waals surface area (Å²) in [5.41, 5.74) is 7.27. The van der Waals surface area contributed by atoms with Gasteiger partial charge in [0, 0.05) is 18.4 Å². The van der Waals surface area contributed by atoms with Crippen LogP contribution in [0.4, 0.5) is 0 Å². The summed E-state index contributed by atoms with van der Waals surface area (Å²) in [6.07, 6.45) is 1.97. The Bertz CT molecular complexity index is 440. The Morgan fingerprint density at radius 1 is 1.44 bits per heavy atom. The Labute approximate surface area is 106 Å². The quantitative estimate of drug-likeness (QED) is 0.370. The average Bonchev–Trinajstić information content (AvgIpc) is 2.41. The van der Waals surface area contributed by atoms with Gasteiger partial charge in [0.25, 0.3) is 0 Å². The molecule has 0 atom stereocenters. The molecule has 1 aromatic carbocycles. The fourth-order valence-corrected chi connectivity index (χ4v) is 1.92. The SMILES string of the molecule is Cc1ccc(/C(N)=N/O)cc1OC1CCOCC1. The second kappa shape index (κ2) is 5.73. The van der Waals surface area contributed by atoms with E-state index in [0.717, 1.165) is 37.4 Å². The van der Waals surface area contributed by atoms with E-state index in [1.807, 2.05) is 13.0 Å². The molecule has 1 fully saturated rings. The predicted octanol–water partition coefficient (Wildman–Crippen LogP) is 1.65. The molecule has 0 aliphatic carbocycles. The number of aryl methyl sites for hydroxylation is 1. The molecular formula is C13H18N2O3. The largest absolute Gasteiger partial charge is 0.490 e. The van der Waals surface area contributed by atoms with Gasteiger partial charge in [-0.25, -0.2) is 0 Å². The number of nitrogens with two attached hydrogens (primary N) is 1. The molecule has 1 aliphatic rings. The minimum absolute atomic E-state index is 0.0897. The Morgan fingerprint density at radius 2 is 2.17 bits per heavy atom. The van der Waals surface area contributed by atoms with Crippen molar-refractivity contribution < 1.29 is 14.7 Å². The lowest BCUT2D eigenvalue weighted by Gasteiger charge is -2.24. The minimum atomic E-state index is 0.0897. The van der Waals surface area contributed by atoms with Gasteiger partial charge < -0.3 is 20.4 Å². The van der Waals surface area contributed by atoms with Gasteiger partial charge in [0.05, 0.1) is 13.2 Å². The Hall–Kier alpha value is -1.75. The Kier molecular flexibility index (Phi) is 4.04. The van der Waals surface area contributed by atoms with Crippen LogP contribution in [0.5, 0.6) is 5.75 Å². The predicted molar refractivity (Wildman–Crippen MR) is 68.2 cm³/mol. The van der Waals surface area contributed by atoms with Crippen molar-refractivity contribution in [2.75, 3.05) is 13.2 Å². The summed E-state index contributed by atoms with van der Waals surface area (Å²) in [4.78, 5) is 0. The highest BCUT2D eigenvalue weighted by Crippen LogP contribution is 2.23. The van der Waals surface area contributed by atoms with Gasteiger partial charge in [-0.15, -0.1) is 0 Å². The monoisotopic (exact) mass is 250 g/mol. The molecule has 0 amide bonds. The Balaban J connectivity index is 2.15. The number of oxime groups is 1. The van der Waals surface area contributed by atoms with Crippen LogP contribution < -0.4 is 10.5 Å². The fraction of sp³-hybridized carbons (Fsp3) is 0.462. The molecule has 0 aromatic heterocycles. The molecule has 0 unspecified atom stereocenters. The minimum Gasteiger partial charge on any atom is -0.490 e. The summed E-state index contributed by atoms with van der Waals surface area (Å²) in [7, 11) is 0. The lowest BCUT2D eigenvalue weighted by molar-refractivity contribution is 0.0253. The first-order valence-corrected chi connectivity index (χ1v) is 6.03. The molecule has 98 valence electrons. The second-order valence-corrected chi connectivity index (χ2v) is 4.40. The van der Waals surface area contributed by atoms with Gasteiger partial charge in [0.15, 0.2) is 5.84 Å². The van der Waals surface area contributed by atoms with E-state index in [1.54, 1.807) is 12.1 Å². The van der Waals surface area contributed by atoms with Gasteiger partial charge in [-0.05, 0) is 18.6 Å². The number of hydrogen-bond donors (Lipinski definition) is 2. The summed E-state index contributed by atoms with van der Waals surface area (Å²) in [5.74, 6) is 0.873. The number of ether oxygens (including phenoxy) is 2. The van der Waals surface area contributed by atoms with E-state index in [-0.39, 0.29) is 11.9 Å². The van der Waals surface area contributed by atoms with Crippen LogP contribution in [0, 0.1) is 6.92 Å². The lowest BCUT2D eigenvalue weighted by atomic mass is 10.1. The maximum Gasteiger partial charge on any atom is 0.170 e. The van der Waals surface area contributed by atoms with Gasteiger partial charge in [0.2, 0.25) is 0 Å². The maximum absolute atomic E-state index is 8.68. The maximum atomic E-state index is 8.68. The molecular weight excluding hydrogens is 232 g/mol. The van der Waals surface area contributed by atoms with Crippen LogP contribution in [0.1, 0.15) is 24.0 Å². The third kappa shape index (κ3) is 2.92. The van der Waals surface area contributed by atoms with Crippen LogP contribution in [0.3, 0.4) is 0 Å². The molecule has 1 aromatic rings. The first-order valence-electron chi connectivity index (χ1n) is 6.03. The first kappa shape index (κ1) is 12.7. The van der Waals surface area contributed by atoms with Crippen molar-refractivity contribution in [3.05, 3.63) is 29.3 Å². The van der Waals surface area contributed by atoms with Gasteiger partial charge in [-0.3, -0.25) is 0 Å². The number of amidine groups is 1. The molecule has 1 aliphatic heterocycles. The van der Waals surface area contributed by atoms with Crippen molar-refractivity contribution in [2.24, 2.45) is 10.9 Å². The van der Waals surface area contributed by atoms with E-state index in [0.29, 0.717) is 5.56 Å². The van der Waals surface area contributed by atoms with E-state index in [4.69, 9.17) is 20.4 Å². The second-order valence-electron chi connectivity index (χ2n) is 4.40. The summed E-state index contributed by atoms with van der Waals surface area (Å²) in [6.45, 7) is 3.46. The highest BCUT2D eigenvalue weighted by Gasteiger charge is 2.16. The van der Waals surface area contributed by atoms with E-state index < -0.39 is 0 Å². The molecule has 18 heavy (non-hydrogen) atoms. The van der Waals surface area contributed by atoms with Crippen molar-refractivity contribution in [1.82, 2.24) is 0 Å². The number of rotatable bonds is 3. The van der Waals surface area contributed by atoms with Crippen LogP contribution in [-0.2, 0) is 4.74 Å². The normalized spacial score (nSPS) is 17.7. The third-order valence-corrected chi connectivity index (χ3v) is 3.05. The topological polar surface area (TPSA) is 77.1 Å². The molecule has 0 saturated carbocycles. The van der Waals surface area contributed by atoms with Crippen LogP contribution in [0.2, 0.25) is 0 Å². The lowest BCUT2D eigenvalue weighted by Crippen LogP contribution is -2.26. The number of nitrogens with zero attached hydrogens (tertiary/aromatic N) is 1. The van der Waals surface area contributed by atoms with E-state index in [2.05, 4.69) is 5.16 Å². The Morgan fingerprint density at radius 3 is 2.83 bits per heavy atom. The van der Waals surface area contributed by atoms with E-state index in [9.17, 15) is 0 Å². The van der Waals surface area contributed by atoms with Crippen LogP contribution in [0.25, 0.3) is 0 Å². The molecule has 0 radical (unpaired) electrons. The van der Waals surface area contributed by atoms with Crippen LogP contribution >= 0.6 is 0 Å². The summed E-state index contributed by atoms with van der Waals surface area (Å²) < 4.78 is 11.2. The van der Waals surface area contributed by atoms with E-state index in [1.165, 1.54) is 0 Å². The molecule has 1 saturated heterocycles. The zero-order valence-corrected chi connectivity index (χ0v) is 10.4. The van der Waals surface area contributed by atoms with E-state index >= 15 is 0 Å². The van der Waals surface area contributed by atoms with Gasteiger partial charge in [-0.1, -0.05) is 17.3 Å². The molecule has 3 N–H and O–H groups in total. The molecule has 5 nitrogen and oxygen atoms in total. The third-order valence-electron chi connectivity index (χ3n) is 3.05. The molecule has 5 heteroatoms. The van der Waals surface area contributed by atoms with Gasteiger partial charge in [0.1, 0.15) is 11.9 Å². The molecule has 1 heterocycles. The van der Waals surface area contributed by atoms with Gasteiger partial charge in [-0.2, -0.15) is 0 Å². The van der Waals surface area contributed by atoms with Crippen molar-refractivity contribution in [3.63, 3.8) is 0 Å². The van der Waals surface area contributed by atoms with Crippen molar-refractivity contribution >= 4 is 5.84 Å². The highest BCUT2D eigenvalue weighted by atomic mass is 16.5. The van der Waals surface area contributed by atoms with Crippen LogP contribution in [0.15, 0.2) is 23.4 Å². The molecule has 0 bridgehead atoms. The first-order chi connectivity index (χ1) is 8.70. The summed E-state index contributed by atoms with van der Waals surface area (Å²) in [5, 5.41) is 11.7. The molecule has 2 rings (SSSR count). The average molecular weight is 250 g/mol. The zero-order valence-electron chi connectivity index (χ0n) is 10.4. The smallest absolute Gasteiger partial charge is 0.170 e. The fourth-order valence-electron chi connectivity index (χ4n) is 1.92. The van der Waals surface area contributed by atoms with Crippen molar-refractivity contribution in [2.45, 2.75) is 25.9 Å². The number of hydrogen-bond acceptors (Lipinski definition) is 4. The number of benzene rings is 1. The van der Waals surface area contributed by atoms with Crippen LogP contribution in [-0.4, -0.2) is 30.4 Å². The van der Waals surface area contributed by atoms with Crippen molar-refractivity contribution in [1.29, 1.82) is 0 Å². The van der Waals surface area contributed by atoms with Crippen molar-refractivity contribution in [3.8, 4) is 5.75 Å². The standard InChI is InChI=1S/C13H18N2O3/c1-9-2-3-10(13(14)15-16)8-12(9)18-11-4-6-17-7-5-11/h2-3,8,11,16H,4-7H2,1H3,(H2,14,15). The summed E-state index contributed by atoms with van der Waals surface area (Å²) in [6, 6.07) is 5.52.